The molecule has 0 radical (unpaired) electrons. The minimum atomic E-state index is -4.45. The minimum absolute atomic E-state index is 0.0283. The van der Waals surface area contributed by atoms with Gasteiger partial charge in [-0.15, -0.1) is 0 Å². The zero-order chi connectivity index (χ0) is 35.3. The average molecular weight is 675 g/mol. The summed E-state index contributed by atoms with van der Waals surface area (Å²) in [5.41, 5.74) is 7.09. The molecule has 0 spiro atoms. The van der Waals surface area contributed by atoms with E-state index in [1.807, 2.05) is 84.9 Å². The van der Waals surface area contributed by atoms with Gasteiger partial charge >= 0.3 is 6.18 Å². The van der Waals surface area contributed by atoms with E-state index in [-0.39, 0.29) is 5.41 Å². The summed E-state index contributed by atoms with van der Waals surface area (Å²) >= 11 is 0. The fraction of sp³-hybridized carbons (Fsp3) is 0.114. The summed E-state index contributed by atoms with van der Waals surface area (Å²) in [5, 5.41) is 2.27. The molecule has 0 bridgehead atoms. The number of fused-ring (bicyclic) bond motifs is 3. The Morgan fingerprint density at radius 1 is 0.451 bits per heavy atom. The van der Waals surface area contributed by atoms with Crippen molar-refractivity contribution in [3.8, 4) is 51.0 Å². The quantitative estimate of drug-likeness (QED) is 0.182. The molecule has 0 aliphatic carbocycles. The van der Waals surface area contributed by atoms with Crippen LogP contribution in [0, 0.1) is 0 Å². The normalized spacial score (nSPS) is 12.1. The van der Waals surface area contributed by atoms with Crippen LogP contribution in [0.5, 0.6) is 0 Å². The van der Waals surface area contributed by atoms with Crippen molar-refractivity contribution in [1.82, 2.24) is 19.5 Å². The molecule has 8 aromatic rings. The van der Waals surface area contributed by atoms with Gasteiger partial charge in [-0.1, -0.05) is 124 Å². The van der Waals surface area contributed by atoms with Gasteiger partial charge in [0.25, 0.3) is 0 Å². The van der Waals surface area contributed by atoms with Gasteiger partial charge in [0.05, 0.1) is 16.6 Å². The molecule has 2 aromatic heterocycles. The Bertz CT molecular complexity index is 2470. The lowest BCUT2D eigenvalue weighted by atomic mass is 9.86. The van der Waals surface area contributed by atoms with Crippen LogP contribution in [-0.4, -0.2) is 19.5 Å². The molecule has 8 rings (SSSR count). The van der Waals surface area contributed by atoms with Crippen LogP contribution in [0.2, 0.25) is 0 Å². The molecule has 0 saturated heterocycles. The highest BCUT2D eigenvalue weighted by atomic mass is 19.4. The Balaban J connectivity index is 1.41. The summed E-state index contributed by atoms with van der Waals surface area (Å²) in [6.45, 7) is 6.63. The van der Waals surface area contributed by atoms with E-state index in [4.69, 9.17) is 15.0 Å². The van der Waals surface area contributed by atoms with Gasteiger partial charge in [-0.05, 0) is 64.6 Å². The van der Waals surface area contributed by atoms with E-state index in [1.54, 1.807) is 0 Å². The van der Waals surface area contributed by atoms with E-state index >= 15 is 0 Å². The van der Waals surface area contributed by atoms with E-state index in [0.29, 0.717) is 34.2 Å². The van der Waals surface area contributed by atoms with Crippen molar-refractivity contribution in [2.24, 2.45) is 0 Å². The Morgan fingerprint density at radius 3 is 1.61 bits per heavy atom. The van der Waals surface area contributed by atoms with E-state index in [1.165, 1.54) is 17.7 Å². The molecule has 0 aliphatic rings. The average Bonchev–Trinajstić information content (AvgIpc) is 3.48. The zero-order valence-electron chi connectivity index (χ0n) is 28.3. The predicted octanol–water partition coefficient (Wildman–Crippen LogP) is 12.0. The third kappa shape index (κ3) is 6.05. The van der Waals surface area contributed by atoms with Gasteiger partial charge in [0.1, 0.15) is 0 Å². The fourth-order valence-corrected chi connectivity index (χ4v) is 6.59. The molecule has 250 valence electrons. The standard InChI is InChI=1S/C44H33F3N4/c1-43(2,3)32-22-25-39-36(26-32)35-16-10-11-17-38(35)51(39)33-23-24-34(28-18-20-31(21-19-28)44(45,46)47)37(27-33)42-49-40(29-12-6-4-7-13-29)48-41(50-42)30-14-8-5-9-15-30/h4-27H,1-3H3. The number of aromatic nitrogens is 4. The summed E-state index contributed by atoms with van der Waals surface area (Å²) in [5.74, 6) is 1.40. The first-order chi connectivity index (χ1) is 24.5. The van der Waals surface area contributed by atoms with Crippen LogP contribution in [0.25, 0.3) is 72.8 Å². The van der Waals surface area contributed by atoms with Crippen LogP contribution in [0.4, 0.5) is 13.2 Å². The van der Waals surface area contributed by atoms with Gasteiger partial charge in [0.15, 0.2) is 17.5 Å². The largest absolute Gasteiger partial charge is 0.416 e. The van der Waals surface area contributed by atoms with Crippen LogP contribution in [0.1, 0.15) is 31.9 Å². The van der Waals surface area contributed by atoms with Crippen molar-refractivity contribution >= 4 is 21.8 Å². The van der Waals surface area contributed by atoms with E-state index in [2.05, 4.69) is 61.7 Å². The first kappa shape index (κ1) is 32.1. The molecule has 0 unspecified atom stereocenters. The van der Waals surface area contributed by atoms with Gasteiger partial charge in [0.2, 0.25) is 0 Å². The molecule has 0 atom stereocenters. The first-order valence-electron chi connectivity index (χ1n) is 16.8. The highest BCUT2D eigenvalue weighted by Crippen LogP contribution is 2.40. The number of hydrogen-bond acceptors (Lipinski definition) is 3. The van der Waals surface area contributed by atoms with Gasteiger partial charge < -0.3 is 4.57 Å². The lowest BCUT2D eigenvalue weighted by molar-refractivity contribution is -0.137. The smallest absolute Gasteiger partial charge is 0.309 e. The molecular weight excluding hydrogens is 642 g/mol. The third-order valence-electron chi connectivity index (χ3n) is 9.26. The number of alkyl halides is 3. The van der Waals surface area contributed by atoms with Crippen LogP contribution < -0.4 is 0 Å². The molecule has 0 aliphatic heterocycles. The number of para-hydroxylation sites is 1. The van der Waals surface area contributed by atoms with Crippen LogP contribution in [0.3, 0.4) is 0 Å². The first-order valence-corrected chi connectivity index (χ1v) is 16.8. The summed E-state index contributed by atoms with van der Waals surface area (Å²) in [7, 11) is 0. The predicted molar refractivity (Wildman–Crippen MR) is 200 cm³/mol. The lowest BCUT2D eigenvalue weighted by Gasteiger charge is -2.19. The van der Waals surface area contributed by atoms with E-state index in [9.17, 15) is 13.2 Å². The van der Waals surface area contributed by atoms with Gasteiger partial charge in [-0.25, -0.2) is 15.0 Å². The van der Waals surface area contributed by atoms with Crippen molar-refractivity contribution in [1.29, 1.82) is 0 Å². The topological polar surface area (TPSA) is 43.6 Å². The van der Waals surface area contributed by atoms with Crippen LogP contribution >= 0.6 is 0 Å². The second kappa shape index (κ2) is 12.4. The van der Waals surface area contributed by atoms with Crippen LogP contribution in [0.15, 0.2) is 146 Å². The maximum absolute atomic E-state index is 13.6. The summed E-state index contributed by atoms with van der Waals surface area (Å²) in [4.78, 5) is 14.9. The van der Waals surface area contributed by atoms with Gasteiger partial charge in [0, 0.05) is 33.2 Å². The molecule has 7 heteroatoms. The zero-order valence-corrected chi connectivity index (χ0v) is 28.3. The lowest BCUT2D eigenvalue weighted by Crippen LogP contribution is -2.10. The summed E-state index contributed by atoms with van der Waals surface area (Å²) in [6, 6.07) is 45.6. The molecule has 0 amide bonds. The number of nitrogens with zero attached hydrogens (tertiary/aromatic N) is 4. The van der Waals surface area contributed by atoms with E-state index in [0.717, 1.165) is 50.8 Å². The highest BCUT2D eigenvalue weighted by Gasteiger charge is 2.30. The van der Waals surface area contributed by atoms with Crippen molar-refractivity contribution in [2.45, 2.75) is 32.4 Å². The van der Waals surface area contributed by atoms with Crippen molar-refractivity contribution in [3.05, 3.63) is 157 Å². The molecule has 51 heavy (non-hydrogen) atoms. The Morgan fingerprint density at radius 2 is 1.00 bits per heavy atom. The second-order valence-corrected chi connectivity index (χ2v) is 13.7. The number of hydrogen-bond donors (Lipinski definition) is 0. The molecule has 0 fully saturated rings. The molecule has 6 aromatic carbocycles. The molecule has 0 saturated carbocycles. The maximum Gasteiger partial charge on any atom is 0.416 e. The monoisotopic (exact) mass is 674 g/mol. The van der Waals surface area contributed by atoms with Crippen molar-refractivity contribution in [2.75, 3.05) is 0 Å². The Hall–Kier alpha value is -6.08. The van der Waals surface area contributed by atoms with E-state index < -0.39 is 11.7 Å². The van der Waals surface area contributed by atoms with Crippen molar-refractivity contribution in [3.63, 3.8) is 0 Å². The van der Waals surface area contributed by atoms with Crippen molar-refractivity contribution < 1.29 is 13.2 Å². The highest BCUT2D eigenvalue weighted by molar-refractivity contribution is 6.09. The Kier molecular flexibility index (Phi) is 7.79. The fourth-order valence-electron chi connectivity index (χ4n) is 6.59. The molecule has 0 N–H and O–H groups in total. The summed E-state index contributed by atoms with van der Waals surface area (Å²) in [6.07, 6.45) is -4.45. The maximum atomic E-state index is 13.6. The minimum Gasteiger partial charge on any atom is -0.309 e. The molecule has 2 heterocycles. The molecule has 4 nitrogen and oxygen atoms in total. The number of halogens is 3. The number of rotatable bonds is 5. The van der Waals surface area contributed by atoms with Gasteiger partial charge in [-0.2, -0.15) is 13.2 Å². The molecular formula is C44H33F3N4. The van der Waals surface area contributed by atoms with Crippen LogP contribution in [-0.2, 0) is 11.6 Å². The second-order valence-electron chi connectivity index (χ2n) is 13.7. The third-order valence-corrected chi connectivity index (χ3v) is 9.26. The SMILES string of the molecule is CC(C)(C)c1ccc2c(c1)c1ccccc1n2-c1ccc(-c2ccc(C(F)(F)F)cc2)c(-c2nc(-c3ccccc3)nc(-c3ccccc3)n2)c1. The van der Waals surface area contributed by atoms with Gasteiger partial charge in [-0.3, -0.25) is 0 Å². The summed E-state index contributed by atoms with van der Waals surface area (Å²) < 4.78 is 43.0. The Labute approximate surface area is 293 Å². The number of benzene rings is 6.